The number of aryl methyl sites for hydroxylation is 2. The Kier molecular flexibility index (Phi) is 4.88. The number of fused-ring (bicyclic) bond motifs is 1. The summed E-state index contributed by atoms with van der Waals surface area (Å²) in [4.78, 5) is 24.0. The summed E-state index contributed by atoms with van der Waals surface area (Å²) in [6, 6.07) is 15.8. The molecule has 2 aromatic heterocycles. The van der Waals surface area contributed by atoms with Crippen molar-refractivity contribution in [3.63, 3.8) is 0 Å². The van der Waals surface area contributed by atoms with Crippen molar-refractivity contribution in [2.45, 2.75) is 20.4 Å². The van der Waals surface area contributed by atoms with E-state index < -0.39 is 0 Å². The number of halogens is 1. The van der Waals surface area contributed by atoms with Crippen molar-refractivity contribution in [2.75, 3.05) is 4.90 Å². The van der Waals surface area contributed by atoms with E-state index in [1.165, 1.54) is 23.5 Å². The molecule has 0 saturated heterocycles. The highest BCUT2D eigenvalue weighted by Crippen LogP contribution is 2.31. The fourth-order valence-corrected chi connectivity index (χ4v) is 3.98. The molecule has 4 aromatic rings. The van der Waals surface area contributed by atoms with Crippen molar-refractivity contribution in [1.29, 1.82) is 0 Å². The van der Waals surface area contributed by atoms with Gasteiger partial charge in [-0.15, -0.1) is 0 Å². The molecule has 0 aliphatic rings. The standard InChI is InChI=1S/C22H18FN3OS/c1-14-6-7-15(2)18(11-14)21(27)26(13-17-5-3-4-10-24-17)22-25-19-9-8-16(23)12-20(19)28-22/h3-12H,13H2,1-2H3. The van der Waals surface area contributed by atoms with Gasteiger partial charge in [0.2, 0.25) is 0 Å². The van der Waals surface area contributed by atoms with Crippen molar-refractivity contribution < 1.29 is 9.18 Å². The number of carbonyl (C=O) groups excluding carboxylic acids is 1. The maximum Gasteiger partial charge on any atom is 0.260 e. The number of thiazole rings is 1. The van der Waals surface area contributed by atoms with Crippen LogP contribution in [0.5, 0.6) is 0 Å². The molecule has 0 atom stereocenters. The number of amides is 1. The molecule has 0 saturated carbocycles. The molecule has 4 rings (SSSR count). The van der Waals surface area contributed by atoms with Crippen LogP contribution in [0.1, 0.15) is 27.2 Å². The highest BCUT2D eigenvalue weighted by molar-refractivity contribution is 7.22. The van der Waals surface area contributed by atoms with Crippen LogP contribution < -0.4 is 4.90 Å². The van der Waals surface area contributed by atoms with Crippen molar-refractivity contribution >= 4 is 32.6 Å². The molecule has 2 aromatic carbocycles. The number of aromatic nitrogens is 2. The summed E-state index contributed by atoms with van der Waals surface area (Å²) in [6.45, 7) is 4.16. The van der Waals surface area contributed by atoms with E-state index in [0.29, 0.717) is 20.9 Å². The van der Waals surface area contributed by atoms with E-state index in [4.69, 9.17) is 0 Å². The molecule has 28 heavy (non-hydrogen) atoms. The second-order valence-corrected chi connectivity index (χ2v) is 7.65. The van der Waals surface area contributed by atoms with Crippen molar-refractivity contribution in [1.82, 2.24) is 9.97 Å². The van der Waals surface area contributed by atoms with E-state index in [0.717, 1.165) is 16.8 Å². The van der Waals surface area contributed by atoms with Crippen LogP contribution in [-0.4, -0.2) is 15.9 Å². The normalized spacial score (nSPS) is 11.0. The van der Waals surface area contributed by atoms with E-state index in [-0.39, 0.29) is 18.3 Å². The molecule has 0 bridgehead atoms. The van der Waals surface area contributed by atoms with E-state index in [1.54, 1.807) is 17.2 Å². The molecule has 0 aliphatic heterocycles. The third-order valence-corrected chi connectivity index (χ3v) is 5.53. The summed E-state index contributed by atoms with van der Waals surface area (Å²) in [5.41, 5.74) is 3.96. The maximum absolute atomic E-state index is 13.6. The van der Waals surface area contributed by atoms with Crippen LogP contribution in [0.25, 0.3) is 10.2 Å². The first-order valence-corrected chi connectivity index (χ1v) is 9.68. The van der Waals surface area contributed by atoms with Gasteiger partial charge in [0.15, 0.2) is 5.13 Å². The summed E-state index contributed by atoms with van der Waals surface area (Å²) in [6.07, 6.45) is 1.70. The average molecular weight is 391 g/mol. The minimum Gasteiger partial charge on any atom is -0.278 e. The summed E-state index contributed by atoms with van der Waals surface area (Å²) < 4.78 is 14.3. The van der Waals surface area contributed by atoms with Crippen LogP contribution in [0.2, 0.25) is 0 Å². The Bertz CT molecular complexity index is 1160. The Balaban J connectivity index is 1.80. The molecule has 0 spiro atoms. The lowest BCUT2D eigenvalue weighted by molar-refractivity contribution is 0.0984. The van der Waals surface area contributed by atoms with Gasteiger partial charge < -0.3 is 0 Å². The molecule has 0 aliphatic carbocycles. The second-order valence-electron chi connectivity index (χ2n) is 6.64. The monoisotopic (exact) mass is 391 g/mol. The van der Waals surface area contributed by atoms with Crippen molar-refractivity contribution in [3.05, 3.63) is 89.0 Å². The summed E-state index contributed by atoms with van der Waals surface area (Å²) in [5, 5.41) is 0.525. The smallest absolute Gasteiger partial charge is 0.260 e. The zero-order valence-electron chi connectivity index (χ0n) is 15.5. The zero-order valence-corrected chi connectivity index (χ0v) is 16.3. The molecule has 1 amide bonds. The van der Waals surface area contributed by atoms with E-state index in [2.05, 4.69) is 9.97 Å². The van der Waals surface area contributed by atoms with Gasteiger partial charge in [0.1, 0.15) is 5.82 Å². The lowest BCUT2D eigenvalue weighted by Crippen LogP contribution is -2.31. The number of benzene rings is 2. The van der Waals surface area contributed by atoms with Gasteiger partial charge in [-0.25, -0.2) is 9.37 Å². The maximum atomic E-state index is 13.6. The highest BCUT2D eigenvalue weighted by atomic mass is 32.1. The molecule has 4 nitrogen and oxygen atoms in total. The summed E-state index contributed by atoms with van der Waals surface area (Å²) in [7, 11) is 0. The van der Waals surface area contributed by atoms with Crippen LogP contribution in [-0.2, 0) is 6.54 Å². The zero-order chi connectivity index (χ0) is 19.7. The van der Waals surface area contributed by atoms with Crippen LogP contribution >= 0.6 is 11.3 Å². The third kappa shape index (κ3) is 3.64. The largest absolute Gasteiger partial charge is 0.278 e. The molecular formula is C22H18FN3OS. The molecule has 0 unspecified atom stereocenters. The first kappa shape index (κ1) is 18.3. The van der Waals surface area contributed by atoms with Gasteiger partial charge >= 0.3 is 0 Å². The molecule has 6 heteroatoms. The molecular weight excluding hydrogens is 373 g/mol. The number of pyridine rings is 1. The van der Waals surface area contributed by atoms with E-state index in [1.807, 2.05) is 50.2 Å². The minimum absolute atomic E-state index is 0.147. The van der Waals surface area contributed by atoms with Gasteiger partial charge in [-0.1, -0.05) is 35.1 Å². The Morgan fingerprint density at radius 3 is 2.75 bits per heavy atom. The average Bonchev–Trinajstić information content (AvgIpc) is 3.11. The molecule has 2 heterocycles. The third-order valence-electron chi connectivity index (χ3n) is 4.48. The molecule has 0 radical (unpaired) electrons. The Labute approximate surface area is 166 Å². The number of carbonyl (C=O) groups is 1. The first-order valence-electron chi connectivity index (χ1n) is 8.86. The number of hydrogen-bond donors (Lipinski definition) is 0. The SMILES string of the molecule is Cc1ccc(C)c(C(=O)N(Cc2ccccn2)c2nc3ccc(F)cc3s2)c1. The molecule has 0 N–H and O–H groups in total. The number of rotatable bonds is 4. The van der Waals surface area contributed by atoms with Gasteiger partial charge in [-0.2, -0.15) is 0 Å². The van der Waals surface area contributed by atoms with Crippen LogP contribution in [0.15, 0.2) is 60.8 Å². The quantitative estimate of drug-likeness (QED) is 0.475. The van der Waals surface area contributed by atoms with Gasteiger partial charge in [-0.3, -0.25) is 14.7 Å². The lowest BCUT2D eigenvalue weighted by Gasteiger charge is -2.21. The second kappa shape index (κ2) is 7.48. The van der Waals surface area contributed by atoms with Gasteiger partial charge in [-0.05, 0) is 55.8 Å². The minimum atomic E-state index is -0.320. The van der Waals surface area contributed by atoms with E-state index >= 15 is 0 Å². The Hall–Kier alpha value is -3.12. The van der Waals surface area contributed by atoms with E-state index in [9.17, 15) is 9.18 Å². The topological polar surface area (TPSA) is 46.1 Å². The first-order chi connectivity index (χ1) is 13.5. The summed E-state index contributed by atoms with van der Waals surface area (Å²) >= 11 is 1.30. The van der Waals surface area contributed by atoms with Crippen LogP contribution in [0, 0.1) is 19.7 Å². The van der Waals surface area contributed by atoms with Crippen molar-refractivity contribution in [3.8, 4) is 0 Å². The predicted octanol–water partition coefficient (Wildman–Crippen LogP) is 5.29. The van der Waals surface area contributed by atoms with Crippen molar-refractivity contribution in [2.24, 2.45) is 0 Å². The van der Waals surface area contributed by atoms with Crippen LogP contribution in [0.4, 0.5) is 9.52 Å². The van der Waals surface area contributed by atoms with Gasteiger partial charge in [0.25, 0.3) is 5.91 Å². The fraction of sp³-hybridized carbons (Fsp3) is 0.136. The Morgan fingerprint density at radius 1 is 1.11 bits per heavy atom. The van der Waals surface area contributed by atoms with Gasteiger partial charge in [0.05, 0.1) is 22.5 Å². The molecule has 0 fully saturated rings. The Morgan fingerprint density at radius 2 is 1.96 bits per heavy atom. The van der Waals surface area contributed by atoms with Gasteiger partial charge in [0, 0.05) is 11.8 Å². The van der Waals surface area contributed by atoms with Crippen LogP contribution in [0.3, 0.4) is 0 Å². The summed E-state index contributed by atoms with van der Waals surface area (Å²) in [5.74, 6) is -0.466. The number of anilines is 1. The highest BCUT2D eigenvalue weighted by Gasteiger charge is 2.23. The molecule has 140 valence electrons. The fourth-order valence-electron chi connectivity index (χ4n) is 2.99. The number of nitrogens with zero attached hydrogens (tertiary/aromatic N) is 3. The number of hydrogen-bond acceptors (Lipinski definition) is 4. The lowest BCUT2D eigenvalue weighted by atomic mass is 10.0. The predicted molar refractivity (Wildman–Crippen MR) is 110 cm³/mol.